The number of Topliss-reactive ketones (excluding diaryl/α,β-unsaturated/α-hetero) is 1. The summed E-state index contributed by atoms with van der Waals surface area (Å²) in [6.45, 7) is 5.89. The fourth-order valence-electron chi connectivity index (χ4n) is 5.30. The number of carboxylic acids is 1. The highest BCUT2D eigenvalue weighted by molar-refractivity contribution is 6.32. The first-order chi connectivity index (χ1) is 18.1. The number of hydrogen-bond acceptors (Lipinski definition) is 8. The maximum absolute atomic E-state index is 12.7. The van der Waals surface area contributed by atoms with Gasteiger partial charge < -0.3 is 35.3 Å². The van der Waals surface area contributed by atoms with Crippen LogP contribution >= 0.6 is 11.6 Å². The predicted octanol–water partition coefficient (Wildman–Crippen LogP) is 3.41. The van der Waals surface area contributed by atoms with E-state index in [4.69, 9.17) is 16.0 Å². The molecule has 2 heterocycles. The van der Waals surface area contributed by atoms with Gasteiger partial charge in [-0.25, -0.2) is 4.79 Å². The van der Waals surface area contributed by atoms with Crippen molar-refractivity contribution in [3.8, 4) is 0 Å². The number of aromatic carboxylic acids is 1. The Morgan fingerprint density at radius 3 is 2.66 bits per heavy atom. The number of carboxylic acid groups (broad SMARTS) is 1. The summed E-state index contributed by atoms with van der Waals surface area (Å²) in [5, 5.41) is 38.6. The van der Waals surface area contributed by atoms with Crippen LogP contribution in [0.3, 0.4) is 0 Å². The molecule has 3 aliphatic rings. The molecule has 0 spiro atoms. The molecule has 0 saturated carbocycles. The number of aliphatic hydroxyl groups excluding tert-OH is 2. The number of carbonyl (C=O) groups is 2. The number of benzene rings is 1. The summed E-state index contributed by atoms with van der Waals surface area (Å²) in [5.74, 6) is -0.0740. The molecule has 200 valence electrons. The van der Waals surface area contributed by atoms with Crippen LogP contribution in [0.25, 0.3) is 0 Å². The maximum Gasteiger partial charge on any atom is 0.337 e. The largest absolute Gasteiger partial charge is 0.478 e. The molecule has 38 heavy (non-hydrogen) atoms. The van der Waals surface area contributed by atoms with E-state index in [1.165, 1.54) is 6.07 Å². The van der Waals surface area contributed by atoms with Crippen LogP contribution in [0.2, 0.25) is 0 Å². The number of aryl methyl sites for hydroxylation is 2. The molecular formula is C28H30ClN3O6. The van der Waals surface area contributed by atoms with E-state index in [1.807, 2.05) is 39.0 Å². The number of anilines is 1. The number of nitrogens with zero attached hydrogens (tertiary/aromatic N) is 1. The van der Waals surface area contributed by atoms with Crippen LogP contribution in [-0.4, -0.2) is 52.0 Å². The standard InChI is InChI=1S/C28H30ClN3O6/c1-4-18(21-10-6-14(3)38-21)30-23-24(26(34)25(23)33)31-19-9-8-17(29)16-12-32(27(35)22(16)19)20-11-13(2)5-7-15(20)28(36)37/h5-8,10-11,18-19,25,27,30-31,33,35H,4,9,12H2,1-3H3,(H,36,37)/t18-,19?,25?,27?/m1/s1. The molecule has 5 rings (SSSR count). The topological polar surface area (TPSA) is 135 Å². The molecule has 3 unspecified atom stereocenters. The average Bonchev–Trinajstić information content (AvgIpc) is 3.48. The van der Waals surface area contributed by atoms with Gasteiger partial charge in [-0.2, -0.15) is 0 Å². The molecule has 2 aromatic rings. The number of ketones is 1. The zero-order chi connectivity index (χ0) is 27.3. The molecule has 1 aliphatic heterocycles. The smallest absolute Gasteiger partial charge is 0.337 e. The zero-order valence-electron chi connectivity index (χ0n) is 21.3. The van der Waals surface area contributed by atoms with Gasteiger partial charge in [0.05, 0.1) is 29.0 Å². The van der Waals surface area contributed by atoms with Gasteiger partial charge in [0.1, 0.15) is 17.2 Å². The highest BCUT2D eigenvalue weighted by Gasteiger charge is 2.44. The molecule has 2 aliphatic carbocycles. The zero-order valence-corrected chi connectivity index (χ0v) is 22.0. The highest BCUT2D eigenvalue weighted by Crippen LogP contribution is 2.41. The third kappa shape index (κ3) is 4.40. The highest BCUT2D eigenvalue weighted by atomic mass is 35.5. The molecule has 0 amide bonds. The monoisotopic (exact) mass is 539 g/mol. The van der Waals surface area contributed by atoms with Crippen LogP contribution < -0.4 is 15.5 Å². The molecule has 0 fully saturated rings. The minimum Gasteiger partial charge on any atom is -0.478 e. The summed E-state index contributed by atoms with van der Waals surface area (Å²) in [4.78, 5) is 26.2. The number of halogens is 1. The normalized spacial score (nSPS) is 23.7. The first-order valence-corrected chi connectivity index (χ1v) is 12.9. The van der Waals surface area contributed by atoms with Gasteiger partial charge in [-0.05, 0) is 62.1 Å². The van der Waals surface area contributed by atoms with Crippen LogP contribution in [-0.2, 0) is 4.79 Å². The first kappa shape index (κ1) is 26.1. The van der Waals surface area contributed by atoms with Crippen LogP contribution in [0.4, 0.5) is 5.69 Å². The number of hydrogen-bond donors (Lipinski definition) is 5. The quantitative estimate of drug-likeness (QED) is 0.342. The van der Waals surface area contributed by atoms with E-state index in [0.717, 1.165) is 11.3 Å². The van der Waals surface area contributed by atoms with Gasteiger partial charge in [0, 0.05) is 17.2 Å². The summed E-state index contributed by atoms with van der Waals surface area (Å²) in [6.07, 6.45) is 0.441. The Kier molecular flexibility index (Phi) is 6.85. The molecule has 10 heteroatoms. The van der Waals surface area contributed by atoms with E-state index < -0.39 is 30.1 Å². The van der Waals surface area contributed by atoms with Crippen molar-refractivity contribution >= 4 is 29.0 Å². The van der Waals surface area contributed by atoms with Crippen molar-refractivity contribution in [2.45, 2.75) is 58.0 Å². The fraction of sp³-hybridized carbons (Fsp3) is 0.357. The van der Waals surface area contributed by atoms with E-state index in [-0.39, 0.29) is 23.8 Å². The summed E-state index contributed by atoms with van der Waals surface area (Å²) in [6, 6.07) is 7.95. The van der Waals surface area contributed by atoms with Gasteiger partial charge in [0.2, 0.25) is 5.78 Å². The third-order valence-electron chi connectivity index (χ3n) is 7.34. The van der Waals surface area contributed by atoms with E-state index in [0.29, 0.717) is 46.2 Å². The van der Waals surface area contributed by atoms with Crippen LogP contribution in [0.1, 0.15) is 53.2 Å². The van der Waals surface area contributed by atoms with Crippen LogP contribution in [0.5, 0.6) is 0 Å². The molecular weight excluding hydrogens is 510 g/mol. The molecule has 0 bridgehead atoms. The second-order valence-electron chi connectivity index (χ2n) is 9.85. The van der Waals surface area contributed by atoms with Crippen LogP contribution in [0, 0.1) is 13.8 Å². The van der Waals surface area contributed by atoms with E-state index in [2.05, 4.69) is 10.6 Å². The number of aliphatic hydroxyl groups is 2. The summed E-state index contributed by atoms with van der Waals surface area (Å²) in [7, 11) is 0. The Morgan fingerprint density at radius 2 is 2.00 bits per heavy atom. The Bertz CT molecular complexity index is 1410. The van der Waals surface area contributed by atoms with Gasteiger partial charge in [0.15, 0.2) is 12.3 Å². The minimum absolute atomic E-state index is 0.0735. The molecule has 1 aromatic carbocycles. The van der Waals surface area contributed by atoms with Gasteiger partial charge in [-0.1, -0.05) is 30.7 Å². The van der Waals surface area contributed by atoms with Crippen molar-refractivity contribution < 1.29 is 29.3 Å². The minimum atomic E-state index is -1.28. The van der Waals surface area contributed by atoms with Crippen molar-refractivity contribution in [3.05, 3.63) is 86.6 Å². The SMILES string of the molecule is CC[C@@H](NC1=C(NC2CC=C(Cl)C3=C2C(O)N(c2cc(C)ccc2C(=O)O)C3)C(=O)C1O)c1ccc(C)o1. The number of furan rings is 1. The Balaban J connectivity index is 1.43. The van der Waals surface area contributed by atoms with Crippen LogP contribution in [0.15, 0.2) is 68.4 Å². The van der Waals surface area contributed by atoms with Crippen molar-refractivity contribution in [2.75, 3.05) is 11.4 Å². The molecule has 5 N–H and O–H groups in total. The molecule has 1 aromatic heterocycles. The summed E-state index contributed by atoms with van der Waals surface area (Å²) >= 11 is 6.54. The molecule has 0 saturated heterocycles. The lowest BCUT2D eigenvalue weighted by Gasteiger charge is -2.36. The second-order valence-corrected chi connectivity index (χ2v) is 10.3. The lowest BCUT2D eigenvalue weighted by Crippen LogP contribution is -2.52. The predicted molar refractivity (Wildman–Crippen MR) is 142 cm³/mol. The van der Waals surface area contributed by atoms with Crippen molar-refractivity contribution in [3.63, 3.8) is 0 Å². The van der Waals surface area contributed by atoms with Gasteiger partial charge in [-0.15, -0.1) is 0 Å². The Hall–Kier alpha value is -3.53. The summed E-state index contributed by atoms with van der Waals surface area (Å²) < 4.78 is 5.74. The molecule has 0 radical (unpaired) electrons. The maximum atomic E-state index is 12.7. The Labute approximate surface area is 225 Å². The number of nitrogens with one attached hydrogen (secondary N) is 2. The van der Waals surface area contributed by atoms with Crippen molar-refractivity contribution in [1.82, 2.24) is 10.6 Å². The third-order valence-corrected chi connectivity index (χ3v) is 7.72. The lowest BCUT2D eigenvalue weighted by atomic mass is 9.89. The number of carbonyl (C=O) groups excluding carboxylic acids is 1. The van der Waals surface area contributed by atoms with E-state index in [1.54, 1.807) is 17.0 Å². The number of rotatable bonds is 8. The van der Waals surface area contributed by atoms with Crippen molar-refractivity contribution in [2.24, 2.45) is 0 Å². The fourth-order valence-corrected chi connectivity index (χ4v) is 5.56. The second kappa shape index (κ2) is 9.98. The first-order valence-electron chi connectivity index (χ1n) is 12.5. The van der Waals surface area contributed by atoms with Gasteiger partial charge in [0.25, 0.3) is 0 Å². The Morgan fingerprint density at radius 1 is 1.24 bits per heavy atom. The van der Waals surface area contributed by atoms with Gasteiger partial charge in [-0.3, -0.25) is 4.79 Å². The van der Waals surface area contributed by atoms with Gasteiger partial charge >= 0.3 is 5.97 Å². The molecule has 4 atom stereocenters. The van der Waals surface area contributed by atoms with Crippen molar-refractivity contribution in [1.29, 1.82) is 0 Å². The summed E-state index contributed by atoms with van der Waals surface area (Å²) in [5.41, 5.74) is 3.18. The lowest BCUT2D eigenvalue weighted by molar-refractivity contribution is -0.125. The van der Waals surface area contributed by atoms with E-state index >= 15 is 0 Å². The average molecular weight is 540 g/mol. The van der Waals surface area contributed by atoms with E-state index in [9.17, 15) is 24.9 Å². The molecule has 9 nitrogen and oxygen atoms in total.